The third-order valence-electron chi connectivity index (χ3n) is 16.2. The lowest BCUT2D eigenvalue weighted by Gasteiger charge is -2.29. The molecule has 0 aromatic carbocycles. The molecule has 0 aliphatic rings. The van der Waals surface area contributed by atoms with Crippen LogP contribution in [0.5, 0.6) is 0 Å². The van der Waals surface area contributed by atoms with Crippen LogP contribution >= 0.6 is 7.82 Å². The minimum absolute atomic E-state index is 0.00801. The van der Waals surface area contributed by atoms with Crippen LogP contribution in [0.4, 0.5) is 0 Å². The first kappa shape index (κ1) is 79.5. The number of amides is 1. The van der Waals surface area contributed by atoms with E-state index in [0.29, 0.717) is 17.4 Å². The molecule has 0 fully saturated rings. The van der Waals surface area contributed by atoms with Crippen molar-refractivity contribution in [3.05, 3.63) is 48.6 Å². The molecule has 478 valence electrons. The van der Waals surface area contributed by atoms with E-state index in [9.17, 15) is 19.4 Å². The molecule has 9 heteroatoms. The molecule has 0 saturated heterocycles. The van der Waals surface area contributed by atoms with Gasteiger partial charge in [0.2, 0.25) is 5.91 Å². The smallest absolute Gasteiger partial charge is 0.268 e. The van der Waals surface area contributed by atoms with Crippen LogP contribution in [-0.2, 0) is 18.4 Å². The van der Waals surface area contributed by atoms with E-state index in [1.165, 1.54) is 289 Å². The number of hydrogen-bond donors (Lipinski definition) is 2. The van der Waals surface area contributed by atoms with Crippen LogP contribution < -0.4 is 10.2 Å². The minimum atomic E-state index is -4.62. The van der Waals surface area contributed by atoms with Gasteiger partial charge in [0.15, 0.2) is 0 Å². The fourth-order valence-electron chi connectivity index (χ4n) is 10.7. The summed E-state index contributed by atoms with van der Waals surface area (Å²) in [6.45, 7) is 4.67. The summed E-state index contributed by atoms with van der Waals surface area (Å²) >= 11 is 0. The van der Waals surface area contributed by atoms with Gasteiger partial charge in [0.05, 0.1) is 39.9 Å². The Hall–Kier alpha value is -1.54. The molecule has 0 radical (unpaired) electrons. The number of nitrogens with one attached hydrogen (secondary N) is 1. The van der Waals surface area contributed by atoms with Crippen LogP contribution in [0.2, 0.25) is 0 Å². The monoisotopic (exact) mass is 1160 g/mol. The van der Waals surface area contributed by atoms with Crippen LogP contribution in [0.1, 0.15) is 354 Å². The van der Waals surface area contributed by atoms with Crippen molar-refractivity contribution in [1.29, 1.82) is 0 Å². The van der Waals surface area contributed by atoms with Gasteiger partial charge in [-0.25, -0.2) is 0 Å². The zero-order valence-corrected chi connectivity index (χ0v) is 55.6. The third kappa shape index (κ3) is 65.9. The van der Waals surface area contributed by atoms with Gasteiger partial charge in [0, 0.05) is 6.42 Å². The normalized spacial score (nSPS) is 13.9. The lowest BCUT2D eigenvalue weighted by atomic mass is 10.0. The molecular weight excluding hydrogens is 1020 g/mol. The molecule has 0 bridgehead atoms. The molecule has 3 atom stereocenters. The topological polar surface area (TPSA) is 108 Å². The second kappa shape index (κ2) is 63.0. The minimum Gasteiger partial charge on any atom is -0.756 e. The summed E-state index contributed by atoms with van der Waals surface area (Å²) in [6, 6.07) is -0.911. The number of phosphoric acid groups is 1. The van der Waals surface area contributed by atoms with E-state index < -0.39 is 26.6 Å². The zero-order valence-electron chi connectivity index (χ0n) is 54.8. The molecular formula is C72H139N2O6P. The Labute approximate surface area is 505 Å². The Balaban J connectivity index is 4.08. The molecule has 81 heavy (non-hydrogen) atoms. The Morgan fingerprint density at radius 3 is 1.00 bits per heavy atom. The number of aliphatic hydroxyl groups excluding tert-OH is 1. The van der Waals surface area contributed by atoms with E-state index in [1.54, 1.807) is 6.08 Å². The Morgan fingerprint density at radius 2 is 0.691 bits per heavy atom. The van der Waals surface area contributed by atoms with Gasteiger partial charge >= 0.3 is 0 Å². The van der Waals surface area contributed by atoms with E-state index in [4.69, 9.17) is 9.05 Å². The number of carbonyl (C=O) groups excluding carboxylic acids is 1. The number of allylic oxidation sites excluding steroid dienone is 7. The number of nitrogens with zero attached hydrogens (tertiary/aromatic N) is 1. The average molecular weight is 1160 g/mol. The highest BCUT2D eigenvalue weighted by Crippen LogP contribution is 2.38. The zero-order chi connectivity index (χ0) is 59.1. The first-order chi connectivity index (χ1) is 39.5. The van der Waals surface area contributed by atoms with Crippen molar-refractivity contribution >= 4 is 13.7 Å². The van der Waals surface area contributed by atoms with Gasteiger partial charge in [-0.1, -0.05) is 326 Å². The first-order valence-corrected chi connectivity index (χ1v) is 37.0. The van der Waals surface area contributed by atoms with Crippen LogP contribution in [0.25, 0.3) is 0 Å². The van der Waals surface area contributed by atoms with E-state index in [-0.39, 0.29) is 12.5 Å². The summed E-state index contributed by atoms with van der Waals surface area (Å²) in [4.78, 5) is 25.6. The van der Waals surface area contributed by atoms with Gasteiger partial charge in [0.1, 0.15) is 13.2 Å². The molecule has 0 aromatic heterocycles. The van der Waals surface area contributed by atoms with Gasteiger partial charge in [-0.3, -0.25) is 9.36 Å². The summed E-state index contributed by atoms with van der Waals surface area (Å²) in [5, 5.41) is 13.9. The van der Waals surface area contributed by atoms with Gasteiger partial charge < -0.3 is 28.8 Å². The lowest BCUT2D eigenvalue weighted by molar-refractivity contribution is -0.870. The first-order valence-electron chi connectivity index (χ1n) is 35.5. The highest BCUT2D eigenvalue weighted by atomic mass is 31.2. The van der Waals surface area contributed by atoms with Crippen molar-refractivity contribution in [3.63, 3.8) is 0 Å². The maximum atomic E-state index is 13.0. The second-order valence-electron chi connectivity index (χ2n) is 25.6. The third-order valence-corrected chi connectivity index (χ3v) is 17.2. The number of carbonyl (C=O) groups is 1. The molecule has 0 spiro atoms. The quantitative estimate of drug-likeness (QED) is 0.0272. The summed E-state index contributed by atoms with van der Waals surface area (Å²) in [5.41, 5.74) is 0. The van der Waals surface area contributed by atoms with E-state index in [0.717, 1.165) is 44.9 Å². The molecule has 0 aliphatic carbocycles. The van der Waals surface area contributed by atoms with Crippen molar-refractivity contribution in [2.75, 3.05) is 40.9 Å². The fourth-order valence-corrected chi connectivity index (χ4v) is 11.4. The number of quaternary nitrogens is 1. The van der Waals surface area contributed by atoms with E-state index >= 15 is 0 Å². The molecule has 0 aliphatic heterocycles. The van der Waals surface area contributed by atoms with Gasteiger partial charge in [0.25, 0.3) is 7.82 Å². The maximum absolute atomic E-state index is 13.0. The second-order valence-corrected chi connectivity index (χ2v) is 27.0. The number of rotatable bonds is 66. The average Bonchev–Trinajstić information content (AvgIpc) is 3.43. The Kier molecular flexibility index (Phi) is 61.8. The number of unbranched alkanes of at least 4 members (excludes halogenated alkanes) is 47. The molecule has 2 N–H and O–H groups in total. The predicted molar refractivity (Wildman–Crippen MR) is 353 cm³/mol. The van der Waals surface area contributed by atoms with Crippen molar-refractivity contribution in [1.82, 2.24) is 5.32 Å². The number of phosphoric ester groups is 1. The molecule has 1 amide bonds. The van der Waals surface area contributed by atoms with Crippen LogP contribution in [0.3, 0.4) is 0 Å². The van der Waals surface area contributed by atoms with Crippen LogP contribution in [0.15, 0.2) is 48.6 Å². The van der Waals surface area contributed by atoms with Gasteiger partial charge in [-0.05, 0) is 70.6 Å². The Bertz CT molecular complexity index is 1460. The van der Waals surface area contributed by atoms with Crippen molar-refractivity contribution in [2.24, 2.45) is 0 Å². The van der Waals surface area contributed by atoms with Gasteiger partial charge in [-0.15, -0.1) is 0 Å². The maximum Gasteiger partial charge on any atom is 0.268 e. The van der Waals surface area contributed by atoms with Crippen LogP contribution in [-0.4, -0.2) is 68.5 Å². The molecule has 0 rings (SSSR count). The fraction of sp³-hybridized carbons (Fsp3) is 0.875. The molecule has 3 unspecified atom stereocenters. The summed E-state index contributed by atoms with van der Waals surface area (Å²) in [5.74, 6) is -0.205. The number of likely N-dealkylation sites (N-methyl/N-ethyl adjacent to an activating group) is 1. The number of hydrogen-bond acceptors (Lipinski definition) is 6. The lowest BCUT2D eigenvalue weighted by Crippen LogP contribution is -2.45. The molecule has 0 heterocycles. The molecule has 0 saturated carbocycles. The number of aliphatic hydroxyl groups is 1. The highest BCUT2D eigenvalue weighted by Gasteiger charge is 2.23. The van der Waals surface area contributed by atoms with Crippen LogP contribution in [0, 0.1) is 0 Å². The summed E-state index contributed by atoms with van der Waals surface area (Å²) in [6.07, 6.45) is 85.3. The highest BCUT2D eigenvalue weighted by molar-refractivity contribution is 7.45. The SMILES string of the molecule is CCCCCCCCCC/C=C\CCCCCCCCCCCCCCCCCCCCCCCC(=O)NC(COP(=O)([O-])OCC[N+](C)(C)C)C(O)/C=C/CC/C=C/CC/C=C/CCCCCCCCCCCCCCCCCC. The molecule has 8 nitrogen and oxygen atoms in total. The molecule has 0 aromatic rings. The van der Waals surface area contributed by atoms with E-state index in [1.807, 2.05) is 27.2 Å². The summed E-state index contributed by atoms with van der Waals surface area (Å²) in [7, 11) is 1.25. The predicted octanol–water partition coefficient (Wildman–Crippen LogP) is 22.0. The van der Waals surface area contributed by atoms with Crippen molar-refractivity contribution in [3.8, 4) is 0 Å². The van der Waals surface area contributed by atoms with Crippen molar-refractivity contribution in [2.45, 2.75) is 366 Å². The van der Waals surface area contributed by atoms with E-state index in [2.05, 4.69) is 55.6 Å². The standard InChI is InChI=1S/C72H139N2O6P/c1-6-8-10-12-14-16-18-20-22-24-26-28-30-32-34-35-36-37-38-39-40-42-44-46-48-50-52-54-56-58-60-62-64-66-72(76)73-70(69-80-81(77,78)79-68-67-74(3,4)5)71(75)65-63-61-59-57-55-53-51-49-47-45-43-41-33-31-29-27-25-23-21-19-17-15-13-11-9-7-2/h24,26,47,49,55,57,63,65,70-71,75H,6-23,25,27-46,48,50-54,56,58-62,64,66-69H2,1-5H3,(H-,73,76,77,78)/b26-24-,49-47+,57-55+,65-63+. The summed E-state index contributed by atoms with van der Waals surface area (Å²) < 4.78 is 23.4. The van der Waals surface area contributed by atoms with Gasteiger partial charge in [-0.2, -0.15) is 0 Å². The largest absolute Gasteiger partial charge is 0.756 e. The Morgan fingerprint density at radius 1 is 0.420 bits per heavy atom. The van der Waals surface area contributed by atoms with Crippen molar-refractivity contribution < 1.29 is 32.9 Å².